The predicted molar refractivity (Wildman–Crippen MR) is 290 cm³/mol. The summed E-state index contributed by atoms with van der Waals surface area (Å²) in [5.41, 5.74) is 8.78. The van der Waals surface area contributed by atoms with Crippen LogP contribution in [0.2, 0.25) is 0 Å². The van der Waals surface area contributed by atoms with Gasteiger partial charge in [0.05, 0.1) is 11.4 Å². The highest BCUT2D eigenvalue weighted by molar-refractivity contribution is 6.40. The first-order chi connectivity index (χ1) is 32.7. The molecule has 66 heavy (non-hydrogen) atoms. The highest BCUT2D eigenvalue weighted by Crippen LogP contribution is 2.49. The summed E-state index contributed by atoms with van der Waals surface area (Å²) in [5.74, 6) is 0. The zero-order chi connectivity index (χ0) is 44.7. The molecule has 0 aliphatic heterocycles. The van der Waals surface area contributed by atoms with Crippen LogP contribution in [-0.2, 0) is 0 Å². The van der Waals surface area contributed by atoms with Crippen LogP contribution in [0.5, 0.6) is 0 Å². The molecule has 12 aromatic carbocycles. The Morgan fingerprint density at radius 3 is 1.00 bits per heavy atom. The van der Waals surface area contributed by atoms with Gasteiger partial charge in [0, 0.05) is 33.5 Å². The summed E-state index contributed by atoms with van der Waals surface area (Å²) < 4.78 is 0. The fourth-order valence-electron chi connectivity index (χ4n) is 10.1. The molecule has 0 fully saturated rings. The summed E-state index contributed by atoms with van der Waals surface area (Å²) in [6.45, 7) is 12.1. The number of rotatable bonds is 8. The van der Waals surface area contributed by atoms with Crippen molar-refractivity contribution in [2.24, 2.45) is 0 Å². The van der Waals surface area contributed by atoms with E-state index in [9.17, 15) is 0 Å². The van der Waals surface area contributed by atoms with E-state index in [1.54, 1.807) is 0 Å². The van der Waals surface area contributed by atoms with Crippen molar-refractivity contribution >= 4 is 122 Å². The van der Waals surface area contributed by atoms with E-state index in [1.165, 1.54) is 75.4 Å². The molecule has 314 valence electrons. The van der Waals surface area contributed by atoms with Crippen molar-refractivity contribution in [1.82, 2.24) is 0 Å². The van der Waals surface area contributed by atoms with Crippen LogP contribution in [0.3, 0.4) is 0 Å². The Bertz CT molecular complexity index is 3560. The van der Waals surface area contributed by atoms with Gasteiger partial charge in [0.25, 0.3) is 0 Å². The number of hydrogen-bond acceptors (Lipinski definition) is 2. The zero-order valence-corrected chi connectivity index (χ0v) is 37.2. The first-order valence-electron chi connectivity index (χ1n) is 22.9. The molecule has 0 spiro atoms. The molecule has 0 unspecified atom stereocenters. The van der Waals surface area contributed by atoms with Crippen molar-refractivity contribution in [2.75, 3.05) is 9.80 Å². The van der Waals surface area contributed by atoms with Crippen molar-refractivity contribution in [3.63, 3.8) is 0 Å². The van der Waals surface area contributed by atoms with Crippen LogP contribution in [0.4, 0.5) is 34.1 Å². The number of nitrogens with zero attached hydrogens (tertiary/aromatic N) is 2. The van der Waals surface area contributed by atoms with E-state index in [4.69, 9.17) is 0 Å². The lowest BCUT2D eigenvalue weighted by molar-refractivity contribution is 1.30. The quantitative estimate of drug-likeness (QED) is 0.141. The van der Waals surface area contributed by atoms with E-state index in [2.05, 4.69) is 241 Å². The second-order valence-corrected chi connectivity index (χ2v) is 16.6. The molecule has 0 heterocycles. The van der Waals surface area contributed by atoms with Gasteiger partial charge in [-0.25, -0.2) is 0 Å². The summed E-state index contributed by atoms with van der Waals surface area (Å²) in [7, 11) is 0. The van der Waals surface area contributed by atoms with Crippen molar-refractivity contribution in [3.8, 4) is 0 Å². The standard InChI is InChI=1S/C62H42N2.C2H6/c1-3-41-27-31-45(32-28-41)63(59-25-13-17-43-15-5-7-19-49(43)59)47-35-37-53-51-21-9-12-24-56(51)62-58-40-48(36-38-54(58)52-22-10-11-23-55(52)61(62)57(53)39-47)64(46-33-29-42(4-2)30-34-46)60-26-14-18-44-16-6-8-20-50(44)60;1-2/h3-40H,1-2H2;1-2H3. The molecule has 0 bridgehead atoms. The van der Waals surface area contributed by atoms with Crippen LogP contribution in [0, 0.1) is 0 Å². The van der Waals surface area contributed by atoms with Crippen molar-refractivity contribution in [2.45, 2.75) is 13.8 Å². The SMILES string of the molecule is C=Cc1ccc(N(c2ccc3c4ccccc4c4c5cc(N(c6ccc(C=C)cc6)c6cccc7ccccc67)ccc5c5ccccc5c4c3c2)c2cccc3ccccc23)cc1.CC. The third-order valence-corrected chi connectivity index (χ3v) is 13.1. The first kappa shape index (κ1) is 40.3. The molecule has 2 heteroatoms. The Hall–Kier alpha value is -8.46. The van der Waals surface area contributed by atoms with Crippen LogP contribution in [0.25, 0.3) is 87.6 Å². The fraction of sp³-hybridized carbons (Fsp3) is 0.0312. The minimum Gasteiger partial charge on any atom is -0.310 e. The number of benzene rings is 12. The average molecular weight is 845 g/mol. The molecule has 0 aliphatic rings. The Morgan fingerprint density at radius 2 is 0.606 bits per heavy atom. The number of fused-ring (bicyclic) bond motifs is 13. The van der Waals surface area contributed by atoms with Gasteiger partial charge in [-0.3, -0.25) is 0 Å². The van der Waals surface area contributed by atoms with Crippen molar-refractivity contribution < 1.29 is 0 Å². The smallest absolute Gasteiger partial charge is 0.0540 e. The lowest BCUT2D eigenvalue weighted by Gasteiger charge is -2.28. The van der Waals surface area contributed by atoms with Crippen molar-refractivity contribution in [1.29, 1.82) is 0 Å². The van der Waals surface area contributed by atoms with Gasteiger partial charge in [-0.2, -0.15) is 0 Å². The minimum atomic E-state index is 1.08. The Morgan fingerprint density at radius 1 is 0.288 bits per heavy atom. The fourth-order valence-corrected chi connectivity index (χ4v) is 10.1. The molecule has 0 N–H and O–H groups in total. The molecule has 0 atom stereocenters. The zero-order valence-electron chi connectivity index (χ0n) is 37.2. The minimum absolute atomic E-state index is 1.08. The lowest BCUT2D eigenvalue weighted by Crippen LogP contribution is -2.10. The van der Waals surface area contributed by atoms with Gasteiger partial charge in [0.1, 0.15) is 0 Å². The van der Waals surface area contributed by atoms with Crippen LogP contribution >= 0.6 is 0 Å². The molecule has 0 radical (unpaired) electrons. The molecule has 0 saturated heterocycles. The Kier molecular flexibility index (Phi) is 10.3. The third-order valence-electron chi connectivity index (χ3n) is 13.1. The normalized spacial score (nSPS) is 11.3. The molecule has 0 aliphatic carbocycles. The Balaban J connectivity index is 0.00000238. The largest absolute Gasteiger partial charge is 0.310 e. The van der Waals surface area contributed by atoms with Crippen molar-refractivity contribution in [3.05, 3.63) is 243 Å². The second kappa shape index (κ2) is 16.9. The van der Waals surface area contributed by atoms with E-state index < -0.39 is 0 Å². The van der Waals surface area contributed by atoms with Crippen LogP contribution < -0.4 is 9.80 Å². The Labute approximate surface area is 386 Å². The third kappa shape index (κ3) is 6.66. The molecule has 12 rings (SSSR count). The van der Waals surface area contributed by atoms with Gasteiger partial charge >= 0.3 is 0 Å². The van der Waals surface area contributed by atoms with E-state index in [0.29, 0.717) is 0 Å². The molecule has 0 saturated carbocycles. The van der Waals surface area contributed by atoms with E-state index >= 15 is 0 Å². The average Bonchev–Trinajstić information content (AvgIpc) is 3.39. The van der Waals surface area contributed by atoms with Gasteiger partial charge in [-0.05, 0) is 136 Å². The molecular weight excluding hydrogens is 797 g/mol. The second-order valence-electron chi connectivity index (χ2n) is 16.6. The van der Waals surface area contributed by atoms with E-state index in [0.717, 1.165) is 45.3 Å². The first-order valence-corrected chi connectivity index (χ1v) is 22.9. The maximum Gasteiger partial charge on any atom is 0.0540 e. The van der Waals surface area contributed by atoms with Gasteiger partial charge in [0.2, 0.25) is 0 Å². The number of anilines is 6. The molecule has 2 nitrogen and oxygen atoms in total. The van der Waals surface area contributed by atoms with Gasteiger partial charge in [0.15, 0.2) is 0 Å². The van der Waals surface area contributed by atoms with E-state index in [1.807, 2.05) is 26.0 Å². The van der Waals surface area contributed by atoms with Crippen LogP contribution in [-0.4, -0.2) is 0 Å². The summed E-state index contributed by atoms with van der Waals surface area (Å²) in [6.07, 6.45) is 3.81. The summed E-state index contributed by atoms with van der Waals surface area (Å²) in [4.78, 5) is 4.83. The van der Waals surface area contributed by atoms with Gasteiger partial charge < -0.3 is 9.80 Å². The number of hydrogen-bond donors (Lipinski definition) is 0. The van der Waals surface area contributed by atoms with E-state index in [-0.39, 0.29) is 0 Å². The molecule has 0 aromatic heterocycles. The highest BCUT2D eigenvalue weighted by atomic mass is 15.1. The predicted octanol–water partition coefficient (Wildman–Crippen LogP) is 19.0. The molecule has 12 aromatic rings. The molecular formula is C64H48N2. The van der Waals surface area contributed by atoms with Gasteiger partial charge in [-0.15, -0.1) is 0 Å². The molecule has 0 amide bonds. The van der Waals surface area contributed by atoms with Crippen LogP contribution in [0.1, 0.15) is 25.0 Å². The topological polar surface area (TPSA) is 6.48 Å². The van der Waals surface area contributed by atoms with Crippen LogP contribution in [0.15, 0.2) is 232 Å². The lowest BCUT2D eigenvalue weighted by atomic mass is 9.86. The maximum absolute atomic E-state index is 4.04. The van der Waals surface area contributed by atoms with Gasteiger partial charge in [-0.1, -0.05) is 197 Å². The summed E-state index contributed by atoms with van der Waals surface area (Å²) in [5, 5.41) is 17.1. The summed E-state index contributed by atoms with van der Waals surface area (Å²) >= 11 is 0. The summed E-state index contributed by atoms with van der Waals surface area (Å²) in [6, 6.07) is 80.0. The monoisotopic (exact) mass is 844 g/mol. The highest BCUT2D eigenvalue weighted by Gasteiger charge is 2.22. The maximum atomic E-state index is 4.04.